The van der Waals surface area contributed by atoms with Crippen molar-refractivity contribution in [1.82, 2.24) is 9.88 Å². The summed E-state index contributed by atoms with van der Waals surface area (Å²) in [7, 11) is 0. The van der Waals surface area contributed by atoms with Crippen LogP contribution in [-0.2, 0) is 6.54 Å². The summed E-state index contributed by atoms with van der Waals surface area (Å²) in [4.78, 5) is 8.12. The van der Waals surface area contributed by atoms with E-state index in [1.54, 1.807) is 6.20 Å². The lowest BCUT2D eigenvalue weighted by molar-refractivity contribution is 0.206. The Labute approximate surface area is 123 Å². The molecule has 3 rings (SSSR count). The second-order valence-corrected chi connectivity index (χ2v) is 6.36. The molecule has 20 heavy (non-hydrogen) atoms. The molecular weight excluding hydrogens is 268 g/mol. The topological polar surface area (TPSA) is 68.2 Å². The highest BCUT2D eigenvalue weighted by Gasteiger charge is 2.24. The number of nitrogens with two attached hydrogens (primary N) is 2. The fourth-order valence-electron chi connectivity index (χ4n) is 2.95. The SMILES string of the molecule is Nc1ccnc(N)c1C1CCN(Cc2cccs2)CC1. The van der Waals surface area contributed by atoms with Crippen LogP contribution in [0, 0.1) is 0 Å². The van der Waals surface area contributed by atoms with Gasteiger partial charge in [0.1, 0.15) is 5.82 Å². The molecule has 2 aromatic heterocycles. The van der Waals surface area contributed by atoms with E-state index in [0.717, 1.165) is 43.7 Å². The first-order chi connectivity index (χ1) is 9.74. The van der Waals surface area contributed by atoms with Gasteiger partial charge >= 0.3 is 0 Å². The van der Waals surface area contributed by atoms with E-state index in [-0.39, 0.29) is 0 Å². The minimum absolute atomic E-state index is 0.447. The first-order valence-corrected chi connectivity index (χ1v) is 7.86. The maximum Gasteiger partial charge on any atom is 0.128 e. The molecule has 0 unspecified atom stereocenters. The number of anilines is 2. The second kappa shape index (κ2) is 5.81. The van der Waals surface area contributed by atoms with Crippen LogP contribution in [0.5, 0.6) is 0 Å². The van der Waals surface area contributed by atoms with E-state index in [9.17, 15) is 0 Å². The van der Waals surface area contributed by atoms with Gasteiger partial charge < -0.3 is 11.5 Å². The lowest BCUT2D eigenvalue weighted by atomic mass is 9.88. The van der Waals surface area contributed by atoms with Crippen molar-refractivity contribution in [2.45, 2.75) is 25.3 Å². The molecule has 1 aliphatic heterocycles. The van der Waals surface area contributed by atoms with Gasteiger partial charge in [-0.1, -0.05) is 6.07 Å². The van der Waals surface area contributed by atoms with E-state index in [4.69, 9.17) is 11.5 Å². The quantitative estimate of drug-likeness (QED) is 0.911. The van der Waals surface area contributed by atoms with E-state index >= 15 is 0 Å². The van der Waals surface area contributed by atoms with Gasteiger partial charge in [-0.2, -0.15) is 0 Å². The largest absolute Gasteiger partial charge is 0.398 e. The van der Waals surface area contributed by atoms with Crippen LogP contribution >= 0.6 is 11.3 Å². The minimum atomic E-state index is 0.447. The van der Waals surface area contributed by atoms with E-state index in [1.165, 1.54) is 4.88 Å². The number of thiophene rings is 1. The molecule has 4 nitrogen and oxygen atoms in total. The molecule has 4 N–H and O–H groups in total. The Morgan fingerprint density at radius 2 is 2.05 bits per heavy atom. The highest BCUT2D eigenvalue weighted by molar-refractivity contribution is 7.09. The van der Waals surface area contributed by atoms with Crippen molar-refractivity contribution in [2.75, 3.05) is 24.6 Å². The monoisotopic (exact) mass is 288 g/mol. The standard InChI is InChI=1S/C15H20N4S/c16-13-3-6-18-15(17)14(13)11-4-7-19(8-5-11)10-12-2-1-9-20-12/h1-3,6,9,11H,4-5,7-8,10H2,(H4,16,17,18). The number of hydrogen-bond donors (Lipinski definition) is 2. The summed E-state index contributed by atoms with van der Waals surface area (Å²) in [6.07, 6.45) is 3.89. The van der Waals surface area contributed by atoms with Gasteiger partial charge in [0, 0.05) is 28.9 Å². The van der Waals surface area contributed by atoms with Crippen molar-refractivity contribution < 1.29 is 0 Å². The minimum Gasteiger partial charge on any atom is -0.398 e. The van der Waals surface area contributed by atoms with Crippen LogP contribution in [0.3, 0.4) is 0 Å². The number of hydrogen-bond acceptors (Lipinski definition) is 5. The molecule has 0 atom stereocenters. The first kappa shape index (κ1) is 13.4. The van der Waals surface area contributed by atoms with Gasteiger partial charge in [0.25, 0.3) is 0 Å². The third-order valence-corrected chi connectivity index (χ3v) is 4.87. The van der Waals surface area contributed by atoms with Crippen LogP contribution in [0.25, 0.3) is 0 Å². The Hall–Kier alpha value is -1.59. The number of aromatic nitrogens is 1. The molecule has 5 heteroatoms. The Morgan fingerprint density at radius 1 is 1.25 bits per heavy atom. The first-order valence-electron chi connectivity index (χ1n) is 6.98. The van der Waals surface area contributed by atoms with Gasteiger partial charge in [-0.15, -0.1) is 11.3 Å². The summed E-state index contributed by atoms with van der Waals surface area (Å²) in [5.41, 5.74) is 13.9. The van der Waals surface area contributed by atoms with Crippen molar-refractivity contribution in [3.05, 3.63) is 40.2 Å². The zero-order chi connectivity index (χ0) is 13.9. The zero-order valence-electron chi connectivity index (χ0n) is 11.5. The van der Waals surface area contributed by atoms with Crippen LogP contribution in [0.4, 0.5) is 11.5 Å². The molecule has 0 spiro atoms. The van der Waals surface area contributed by atoms with E-state index in [2.05, 4.69) is 27.4 Å². The lowest BCUT2D eigenvalue weighted by Crippen LogP contribution is -2.32. The molecule has 3 heterocycles. The third-order valence-electron chi connectivity index (χ3n) is 4.01. The third kappa shape index (κ3) is 2.78. The van der Waals surface area contributed by atoms with Crippen LogP contribution in [0.2, 0.25) is 0 Å². The molecule has 0 aromatic carbocycles. The lowest BCUT2D eigenvalue weighted by Gasteiger charge is -2.32. The van der Waals surface area contributed by atoms with Gasteiger partial charge in [-0.05, 0) is 49.4 Å². The average Bonchev–Trinajstić information content (AvgIpc) is 2.93. The van der Waals surface area contributed by atoms with E-state index in [0.29, 0.717) is 11.7 Å². The Bertz CT molecular complexity index is 539. The van der Waals surface area contributed by atoms with Gasteiger partial charge in [-0.3, -0.25) is 4.90 Å². The predicted molar refractivity (Wildman–Crippen MR) is 84.6 cm³/mol. The molecule has 2 aromatic rings. The molecule has 0 amide bonds. The highest BCUT2D eigenvalue weighted by Crippen LogP contribution is 2.34. The number of likely N-dealkylation sites (tertiary alicyclic amines) is 1. The summed E-state index contributed by atoms with van der Waals surface area (Å²) in [6, 6.07) is 6.17. The number of rotatable bonds is 3. The molecular formula is C15H20N4S. The smallest absolute Gasteiger partial charge is 0.128 e. The maximum atomic E-state index is 6.06. The number of nitrogens with zero attached hydrogens (tertiary/aromatic N) is 2. The van der Waals surface area contributed by atoms with Crippen molar-refractivity contribution >= 4 is 22.8 Å². The van der Waals surface area contributed by atoms with Gasteiger partial charge in [0.15, 0.2) is 0 Å². The summed E-state index contributed by atoms with van der Waals surface area (Å²) >= 11 is 1.83. The number of pyridine rings is 1. The Morgan fingerprint density at radius 3 is 2.70 bits per heavy atom. The zero-order valence-corrected chi connectivity index (χ0v) is 12.3. The molecule has 0 bridgehead atoms. The summed E-state index contributed by atoms with van der Waals surface area (Å²) < 4.78 is 0. The van der Waals surface area contributed by atoms with Gasteiger partial charge in [-0.25, -0.2) is 4.98 Å². The molecule has 0 aliphatic carbocycles. The highest BCUT2D eigenvalue weighted by atomic mass is 32.1. The van der Waals surface area contributed by atoms with Crippen molar-refractivity contribution in [3.63, 3.8) is 0 Å². The Kier molecular flexibility index (Phi) is 3.89. The van der Waals surface area contributed by atoms with Crippen molar-refractivity contribution in [2.24, 2.45) is 0 Å². The average molecular weight is 288 g/mol. The second-order valence-electron chi connectivity index (χ2n) is 5.33. The predicted octanol–water partition coefficient (Wildman–Crippen LogP) is 2.69. The maximum absolute atomic E-state index is 6.06. The van der Waals surface area contributed by atoms with Gasteiger partial charge in [0.05, 0.1) is 0 Å². The Balaban J connectivity index is 1.64. The summed E-state index contributed by atoms with van der Waals surface area (Å²) in [5, 5.41) is 2.14. The normalized spacial score (nSPS) is 17.4. The fourth-order valence-corrected chi connectivity index (χ4v) is 3.70. The van der Waals surface area contributed by atoms with Crippen LogP contribution in [0.1, 0.15) is 29.2 Å². The van der Waals surface area contributed by atoms with Crippen LogP contribution in [-0.4, -0.2) is 23.0 Å². The summed E-state index contributed by atoms with van der Waals surface area (Å²) in [5.74, 6) is 1.05. The van der Waals surface area contributed by atoms with E-state index in [1.807, 2.05) is 17.4 Å². The fraction of sp³-hybridized carbons (Fsp3) is 0.400. The molecule has 106 valence electrons. The molecule has 0 saturated carbocycles. The molecule has 1 saturated heterocycles. The summed E-state index contributed by atoms with van der Waals surface area (Å²) in [6.45, 7) is 3.25. The van der Waals surface area contributed by atoms with Crippen molar-refractivity contribution in [3.8, 4) is 0 Å². The molecule has 1 aliphatic rings. The van der Waals surface area contributed by atoms with Gasteiger partial charge in [0.2, 0.25) is 0 Å². The number of nitrogen functional groups attached to an aromatic ring is 2. The van der Waals surface area contributed by atoms with E-state index < -0.39 is 0 Å². The number of piperidine rings is 1. The van der Waals surface area contributed by atoms with Crippen molar-refractivity contribution in [1.29, 1.82) is 0 Å². The molecule has 1 fully saturated rings. The van der Waals surface area contributed by atoms with Crippen LogP contribution < -0.4 is 11.5 Å². The van der Waals surface area contributed by atoms with Crippen LogP contribution in [0.15, 0.2) is 29.8 Å². The molecule has 0 radical (unpaired) electrons.